The lowest BCUT2D eigenvalue weighted by molar-refractivity contribution is 0.0733. The van der Waals surface area contributed by atoms with Crippen molar-refractivity contribution in [1.82, 2.24) is 10.4 Å². The van der Waals surface area contributed by atoms with E-state index in [9.17, 15) is 9.59 Å². The van der Waals surface area contributed by atoms with E-state index in [0.29, 0.717) is 49.1 Å². The summed E-state index contributed by atoms with van der Waals surface area (Å²) in [5.74, 6) is 0.0302. The summed E-state index contributed by atoms with van der Waals surface area (Å²) in [6, 6.07) is 21.2. The fourth-order valence-electron chi connectivity index (χ4n) is 4.57. The van der Waals surface area contributed by atoms with Crippen LogP contribution in [0.25, 0.3) is 22.0 Å². The molecule has 2 N–H and O–H groups in total. The third-order valence-electron chi connectivity index (χ3n) is 6.58. The number of halogens is 3. The van der Waals surface area contributed by atoms with Gasteiger partial charge in [0.25, 0.3) is 5.91 Å². The summed E-state index contributed by atoms with van der Waals surface area (Å²) >= 11 is 12.2. The molecule has 12 heteroatoms. The summed E-state index contributed by atoms with van der Waals surface area (Å²) in [6.45, 7) is 0. The highest BCUT2D eigenvalue weighted by molar-refractivity contribution is 14.1. The van der Waals surface area contributed by atoms with E-state index in [1.807, 2.05) is 36.4 Å². The highest BCUT2D eigenvalue weighted by Gasteiger charge is 2.22. The van der Waals surface area contributed by atoms with Crippen molar-refractivity contribution in [2.75, 3.05) is 21.3 Å². The second-order valence-electron chi connectivity index (χ2n) is 9.23. The van der Waals surface area contributed by atoms with Gasteiger partial charge in [-0.25, -0.2) is 10.2 Å². The number of amides is 1. The number of aromatic nitrogens is 1. The average molecular weight is 789 g/mol. The minimum Gasteiger partial charge on any atom is -0.493 e. The Hall–Kier alpha value is -4.07. The Balaban J connectivity index is 1.42. The number of benzene rings is 4. The number of hydrogen-bond acceptors (Lipinski definition) is 7. The molecular formula is C32H24BrClIN3O6. The van der Waals surface area contributed by atoms with Crippen LogP contribution in [0.2, 0.25) is 5.02 Å². The van der Waals surface area contributed by atoms with E-state index in [0.717, 1.165) is 14.5 Å². The topological polar surface area (TPSA) is 111 Å². The minimum absolute atomic E-state index is 0.180. The standard InChI is InChI=1S/C32H24BrClIN3O6/c1-41-26-13-17(14-27(42-2)30(26)43-3)32(40)44-25-11-8-19(33)12-18(25)16-36-38-31(39)29-28(21-6-4-5-7-23(21)34)22-15-20(35)9-10-24(22)37-29/h4-16,37H,1-3H3,(H,38,39). The maximum absolute atomic E-state index is 13.5. The second-order valence-corrected chi connectivity index (χ2v) is 11.8. The van der Waals surface area contributed by atoms with Crippen LogP contribution in [0.15, 0.2) is 82.4 Å². The number of aromatic amines is 1. The zero-order valence-electron chi connectivity index (χ0n) is 23.5. The Morgan fingerprint density at radius 2 is 1.66 bits per heavy atom. The number of esters is 1. The van der Waals surface area contributed by atoms with Crippen LogP contribution in [0.1, 0.15) is 26.4 Å². The fourth-order valence-corrected chi connectivity index (χ4v) is 5.67. The Bertz CT molecular complexity index is 1900. The van der Waals surface area contributed by atoms with Crippen LogP contribution in [-0.4, -0.2) is 44.4 Å². The molecule has 5 aromatic rings. The van der Waals surface area contributed by atoms with Crippen LogP contribution < -0.4 is 24.4 Å². The Morgan fingerprint density at radius 1 is 0.932 bits per heavy atom. The Labute approximate surface area is 279 Å². The monoisotopic (exact) mass is 787 g/mol. The largest absolute Gasteiger partial charge is 0.493 e. The molecule has 4 aromatic carbocycles. The molecule has 0 radical (unpaired) electrons. The SMILES string of the molecule is COc1cc(C(=O)Oc2ccc(Br)cc2C=NNC(=O)c2[nH]c3ccc(I)cc3c2-c2ccccc2Cl)cc(OC)c1OC. The van der Waals surface area contributed by atoms with Gasteiger partial charge >= 0.3 is 5.97 Å². The van der Waals surface area contributed by atoms with Gasteiger partial charge in [-0.2, -0.15) is 5.10 Å². The summed E-state index contributed by atoms with van der Waals surface area (Å²) in [4.78, 5) is 29.8. The van der Waals surface area contributed by atoms with Crippen LogP contribution >= 0.6 is 50.1 Å². The van der Waals surface area contributed by atoms with E-state index in [2.05, 4.69) is 54.0 Å². The summed E-state index contributed by atoms with van der Waals surface area (Å²) < 4.78 is 23.5. The third kappa shape index (κ3) is 6.54. The number of hydrogen-bond donors (Lipinski definition) is 2. The molecular weight excluding hydrogens is 765 g/mol. The summed E-state index contributed by atoms with van der Waals surface area (Å²) in [7, 11) is 4.39. The van der Waals surface area contributed by atoms with Crippen LogP contribution in [0.3, 0.4) is 0 Å². The van der Waals surface area contributed by atoms with E-state index >= 15 is 0 Å². The number of methoxy groups -OCH3 is 3. The number of H-pyrrole nitrogens is 1. The van der Waals surface area contributed by atoms with E-state index in [4.69, 9.17) is 30.5 Å². The lowest BCUT2D eigenvalue weighted by Gasteiger charge is -2.14. The van der Waals surface area contributed by atoms with Gasteiger partial charge in [0.1, 0.15) is 11.4 Å². The number of ether oxygens (including phenoxy) is 4. The second kappa shape index (κ2) is 13.7. The van der Waals surface area contributed by atoms with E-state index in [1.165, 1.54) is 39.7 Å². The molecule has 1 amide bonds. The van der Waals surface area contributed by atoms with Crippen molar-refractivity contribution in [1.29, 1.82) is 0 Å². The number of nitrogens with one attached hydrogen (secondary N) is 2. The van der Waals surface area contributed by atoms with Gasteiger partial charge in [0.15, 0.2) is 11.5 Å². The fraction of sp³-hybridized carbons (Fsp3) is 0.0938. The third-order valence-corrected chi connectivity index (χ3v) is 8.07. The normalized spacial score (nSPS) is 11.0. The van der Waals surface area contributed by atoms with Gasteiger partial charge in [-0.1, -0.05) is 45.7 Å². The van der Waals surface area contributed by atoms with Crippen molar-refractivity contribution in [3.8, 4) is 34.1 Å². The van der Waals surface area contributed by atoms with Crippen LogP contribution in [-0.2, 0) is 0 Å². The number of hydrazone groups is 1. The molecule has 0 aliphatic carbocycles. The predicted octanol–water partition coefficient (Wildman–Crippen LogP) is 7.86. The molecule has 44 heavy (non-hydrogen) atoms. The molecule has 9 nitrogen and oxygen atoms in total. The molecule has 1 aromatic heterocycles. The van der Waals surface area contributed by atoms with Gasteiger partial charge in [0.2, 0.25) is 5.75 Å². The number of carbonyl (C=O) groups excluding carboxylic acids is 2. The Kier molecular flexibility index (Phi) is 9.77. The zero-order valence-corrected chi connectivity index (χ0v) is 28.0. The van der Waals surface area contributed by atoms with Crippen molar-refractivity contribution >= 4 is 79.1 Å². The molecule has 1 heterocycles. The smallest absolute Gasteiger partial charge is 0.343 e. The number of nitrogens with zero attached hydrogens (tertiary/aromatic N) is 1. The van der Waals surface area contributed by atoms with E-state index in [1.54, 1.807) is 24.3 Å². The minimum atomic E-state index is -0.664. The molecule has 224 valence electrons. The maximum Gasteiger partial charge on any atom is 0.343 e. The van der Waals surface area contributed by atoms with Crippen LogP contribution in [0.5, 0.6) is 23.0 Å². The maximum atomic E-state index is 13.5. The van der Waals surface area contributed by atoms with Gasteiger partial charge in [-0.05, 0) is 77.2 Å². The van der Waals surface area contributed by atoms with Crippen molar-refractivity contribution in [3.63, 3.8) is 0 Å². The van der Waals surface area contributed by atoms with Crippen molar-refractivity contribution in [2.45, 2.75) is 0 Å². The first kappa shape index (κ1) is 31.4. The van der Waals surface area contributed by atoms with E-state index < -0.39 is 11.9 Å². The molecule has 0 saturated carbocycles. The van der Waals surface area contributed by atoms with Crippen molar-refractivity contribution < 1.29 is 28.5 Å². The van der Waals surface area contributed by atoms with Gasteiger partial charge in [0, 0.05) is 40.7 Å². The first-order valence-electron chi connectivity index (χ1n) is 12.9. The average Bonchev–Trinajstić information content (AvgIpc) is 3.40. The molecule has 5 rings (SSSR count). The quantitative estimate of drug-likeness (QED) is 0.0518. The predicted molar refractivity (Wildman–Crippen MR) is 182 cm³/mol. The van der Waals surface area contributed by atoms with Crippen LogP contribution in [0, 0.1) is 3.57 Å². The molecule has 0 aliphatic heterocycles. The number of carbonyl (C=O) groups is 2. The molecule has 0 fully saturated rings. The molecule has 0 spiro atoms. The molecule has 0 aliphatic rings. The highest BCUT2D eigenvalue weighted by Crippen LogP contribution is 2.39. The zero-order chi connectivity index (χ0) is 31.4. The van der Waals surface area contributed by atoms with Gasteiger partial charge in [0.05, 0.1) is 33.1 Å². The Morgan fingerprint density at radius 3 is 2.34 bits per heavy atom. The molecule has 0 atom stereocenters. The van der Waals surface area contributed by atoms with Gasteiger partial charge < -0.3 is 23.9 Å². The van der Waals surface area contributed by atoms with E-state index in [-0.39, 0.29) is 11.3 Å². The lowest BCUT2D eigenvalue weighted by Crippen LogP contribution is -2.19. The molecule has 0 unspecified atom stereocenters. The summed E-state index contributed by atoms with van der Waals surface area (Å²) in [5, 5.41) is 5.54. The highest BCUT2D eigenvalue weighted by atomic mass is 127. The first-order valence-corrected chi connectivity index (χ1v) is 15.2. The number of rotatable bonds is 9. The summed E-state index contributed by atoms with van der Waals surface area (Å²) in [6.07, 6.45) is 1.39. The van der Waals surface area contributed by atoms with Crippen molar-refractivity contribution in [2.24, 2.45) is 5.10 Å². The number of fused-ring (bicyclic) bond motifs is 1. The molecule has 0 bridgehead atoms. The van der Waals surface area contributed by atoms with Crippen molar-refractivity contribution in [3.05, 3.63) is 103 Å². The lowest BCUT2D eigenvalue weighted by atomic mass is 10.0. The summed E-state index contributed by atoms with van der Waals surface area (Å²) in [5.41, 5.74) is 5.65. The van der Waals surface area contributed by atoms with Gasteiger partial charge in [-0.3, -0.25) is 4.79 Å². The molecule has 0 saturated heterocycles. The van der Waals surface area contributed by atoms with Crippen LogP contribution in [0.4, 0.5) is 0 Å². The van der Waals surface area contributed by atoms with Gasteiger partial charge in [-0.15, -0.1) is 0 Å². The first-order chi connectivity index (χ1) is 21.2.